The maximum atomic E-state index is 12.6. The summed E-state index contributed by atoms with van der Waals surface area (Å²) in [6.07, 6.45) is 6.54. The van der Waals surface area contributed by atoms with Crippen LogP contribution in [0.1, 0.15) is 31.2 Å². The van der Waals surface area contributed by atoms with Gasteiger partial charge in [0.15, 0.2) is 0 Å². The molecule has 0 amide bonds. The lowest BCUT2D eigenvalue weighted by molar-refractivity contribution is -0.137. The van der Waals surface area contributed by atoms with Crippen LogP contribution in [-0.2, 0) is 4.79 Å². The van der Waals surface area contributed by atoms with Crippen LogP contribution in [0.15, 0.2) is 30.3 Å². The minimum absolute atomic E-state index is 0.227. The summed E-state index contributed by atoms with van der Waals surface area (Å²) in [5, 5.41) is 8.42. The van der Waals surface area contributed by atoms with Gasteiger partial charge in [0.25, 0.3) is 0 Å². The van der Waals surface area contributed by atoms with E-state index >= 15 is 0 Å². The van der Waals surface area contributed by atoms with Crippen LogP contribution >= 0.6 is 0 Å². The van der Waals surface area contributed by atoms with Gasteiger partial charge < -0.3 is 5.11 Å². The van der Waals surface area contributed by atoms with E-state index in [0.29, 0.717) is 6.42 Å². The molecule has 16 heavy (non-hydrogen) atoms. The second-order valence-electron chi connectivity index (χ2n) is 3.59. The van der Waals surface area contributed by atoms with Crippen molar-refractivity contribution in [3.63, 3.8) is 0 Å². The summed E-state index contributed by atoms with van der Waals surface area (Å²) in [7, 11) is 0. The second kappa shape index (κ2) is 6.77. The lowest BCUT2D eigenvalue weighted by Crippen LogP contribution is -1.92. The summed E-state index contributed by atoms with van der Waals surface area (Å²) < 4.78 is 12.6. The number of carboxylic acids is 1. The predicted molar refractivity (Wildman–Crippen MR) is 61.5 cm³/mol. The Labute approximate surface area is 94.4 Å². The minimum atomic E-state index is -0.748. The molecule has 1 rings (SSSR count). The smallest absolute Gasteiger partial charge is 0.303 e. The van der Waals surface area contributed by atoms with Crippen molar-refractivity contribution in [2.75, 3.05) is 0 Å². The number of carbonyl (C=O) groups is 1. The number of benzene rings is 1. The zero-order valence-electron chi connectivity index (χ0n) is 9.03. The first-order valence-electron chi connectivity index (χ1n) is 5.32. The molecule has 0 atom stereocenters. The Morgan fingerprint density at radius 1 is 1.25 bits per heavy atom. The van der Waals surface area contributed by atoms with Crippen LogP contribution in [0.3, 0.4) is 0 Å². The van der Waals surface area contributed by atoms with E-state index in [1.807, 2.05) is 12.2 Å². The Morgan fingerprint density at radius 3 is 2.56 bits per heavy atom. The molecule has 0 aliphatic heterocycles. The highest BCUT2D eigenvalue weighted by Crippen LogP contribution is 2.07. The maximum Gasteiger partial charge on any atom is 0.303 e. The highest BCUT2D eigenvalue weighted by molar-refractivity contribution is 5.66. The molecule has 0 radical (unpaired) electrons. The molecule has 2 nitrogen and oxygen atoms in total. The largest absolute Gasteiger partial charge is 0.481 e. The third-order valence-corrected chi connectivity index (χ3v) is 2.19. The maximum absolute atomic E-state index is 12.6. The third-order valence-electron chi connectivity index (χ3n) is 2.19. The Kier molecular flexibility index (Phi) is 5.26. The molecular weight excluding hydrogens is 207 g/mol. The van der Waals surface area contributed by atoms with Crippen molar-refractivity contribution in [2.24, 2.45) is 0 Å². The van der Waals surface area contributed by atoms with Crippen LogP contribution in [0.25, 0.3) is 6.08 Å². The molecule has 0 unspecified atom stereocenters. The first-order chi connectivity index (χ1) is 7.68. The van der Waals surface area contributed by atoms with Crippen molar-refractivity contribution in [2.45, 2.75) is 25.7 Å². The SMILES string of the molecule is O=C(O)CCCC/C=C/c1ccc(F)cc1. The van der Waals surface area contributed by atoms with Gasteiger partial charge >= 0.3 is 5.97 Å². The number of halogens is 1. The van der Waals surface area contributed by atoms with E-state index in [9.17, 15) is 9.18 Å². The molecule has 3 heteroatoms. The van der Waals surface area contributed by atoms with Crippen LogP contribution in [0, 0.1) is 5.82 Å². The van der Waals surface area contributed by atoms with Crippen LogP contribution in [0.5, 0.6) is 0 Å². The van der Waals surface area contributed by atoms with E-state index in [4.69, 9.17) is 5.11 Å². The van der Waals surface area contributed by atoms with E-state index < -0.39 is 5.97 Å². The lowest BCUT2D eigenvalue weighted by Gasteiger charge is -1.94. The summed E-state index contributed by atoms with van der Waals surface area (Å²) in [6.45, 7) is 0. The van der Waals surface area contributed by atoms with Crippen LogP contribution < -0.4 is 0 Å². The molecule has 0 heterocycles. The quantitative estimate of drug-likeness (QED) is 0.748. The van der Waals surface area contributed by atoms with Gasteiger partial charge in [-0.1, -0.05) is 24.3 Å². The van der Waals surface area contributed by atoms with E-state index in [1.165, 1.54) is 12.1 Å². The fourth-order valence-electron chi connectivity index (χ4n) is 1.33. The fourth-order valence-corrected chi connectivity index (χ4v) is 1.33. The molecule has 1 N–H and O–H groups in total. The van der Waals surface area contributed by atoms with Crippen molar-refractivity contribution < 1.29 is 14.3 Å². The van der Waals surface area contributed by atoms with E-state index in [1.54, 1.807) is 12.1 Å². The monoisotopic (exact) mass is 222 g/mol. The number of aliphatic carboxylic acids is 1. The minimum Gasteiger partial charge on any atom is -0.481 e. The normalized spacial score (nSPS) is 10.8. The zero-order chi connectivity index (χ0) is 11.8. The Balaban J connectivity index is 2.22. The van der Waals surface area contributed by atoms with Crippen molar-refractivity contribution in [3.8, 4) is 0 Å². The summed E-state index contributed by atoms with van der Waals surface area (Å²) in [5.41, 5.74) is 0.958. The van der Waals surface area contributed by atoms with Crippen LogP contribution in [-0.4, -0.2) is 11.1 Å². The fraction of sp³-hybridized carbons (Fsp3) is 0.308. The molecule has 0 saturated heterocycles. The summed E-state index contributed by atoms with van der Waals surface area (Å²) >= 11 is 0. The van der Waals surface area contributed by atoms with E-state index in [0.717, 1.165) is 18.4 Å². The number of carboxylic acid groups (broad SMARTS) is 1. The number of unbranched alkanes of at least 4 members (excludes halogenated alkanes) is 2. The van der Waals surface area contributed by atoms with Crippen molar-refractivity contribution >= 4 is 12.0 Å². The molecule has 0 aliphatic carbocycles. The van der Waals surface area contributed by atoms with Gasteiger partial charge in [-0.15, -0.1) is 0 Å². The predicted octanol–water partition coefficient (Wildman–Crippen LogP) is 3.48. The highest BCUT2D eigenvalue weighted by atomic mass is 19.1. The molecule has 0 aliphatic rings. The van der Waals surface area contributed by atoms with Crippen molar-refractivity contribution in [1.29, 1.82) is 0 Å². The van der Waals surface area contributed by atoms with Gasteiger partial charge in [-0.3, -0.25) is 4.79 Å². The second-order valence-corrected chi connectivity index (χ2v) is 3.59. The molecule has 0 bridgehead atoms. The number of allylic oxidation sites excluding steroid dienone is 1. The average Bonchev–Trinajstić information content (AvgIpc) is 2.25. The summed E-state index contributed by atoms with van der Waals surface area (Å²) in [6, 6.07) is 6.26. The van der Waals surface area contributed by atoms with Gasteiger partial charge in [0.05, 0.1) is 0 Å². The van der Waals surface area contributed by atoms with Gasteiger partial charge in [0, 0.05) is 6.42 Å². The number of rotatable bonds is 6. The van der Waals surface area contributed by atoms with Gasteiger partial charge in [0.1, 0.15) is 5.82 Å². The van der Waals surface area contributed by atoms with Crippen LogP contribution in [0.4, 0.5) is 4.39 Å². The molecular formula is C13H15FO2. The molecule has 1 aromatic carbocycles. The number of hydrogen-bond acceptors (Lipinski definition) is 1. The molecule has 1 aromatic rings. The summed E-state index contributed by atoms with van der Waals surface area (Å²) in [5.74, 6) is -0.985. The van der Waals surface area contributed by atoms with Crippen LogP contribution in [0.2, 0.25) is 0 Å². The molecule has 0 fully saturated rings. The highest BCUT2D eigenvalue weighted by Gasteiger charge is 1.94. The van der Waals surface area contributed by atoms with E-state index in [-0.39, 0.29) is 12.2 Å². The number of hydrogen-bond donors (Lipinski definition) is 1. The third kappa shape index (κ3) is 5.29. The van der Waals surface area contributed by atoms with Gasteiger partial charge in [0.2, 0.25) is 0 Å². The zero-order valence-corrected chi connectivity index (χ0v) is 9.03. The van der Waals surface area contributed by atoms with Crippen molar-refractivity contribution in [1.82, 2.24) is 0 Å². The van der Waals surface area contributed by atoms with Gasteiger partial charge in [-0.05, 0) is 37.0 Å². The average molecular weight is 222 g/mol. The Hall–Kier alpha value is -1.64. The Bertz CT molecular complexity index is 355. The topological polar surface area (TPSA) is 37.3 Å². The van der Waals surface area contributed by atoms with Gasteiger partial charge in [-0.2, -0.15) is 0 Å². The molecule has 0 spiro atoms. The first kappa shape index (κ1) is 12.4. The van der Waals surface area contributed by atoms with Crippen molar-refractivity contribution in [3.05, 3.63) is 41.7 Å². The lowest BCUT2D eigenvalue weighted by atomic mass is 10.1. The summed E-state index contributed by atoms with van der Waals surface area (Å²) in [4.78, 5) is 10.2. The van der Waals surface area contributed by atoms with Gasteiger partial charge in [-0.25, -0.2) is 4.39 Å². The molecule has 0 saturated carbocycles. The van der Waals surface area contributed by atoms with E-state index in [2.05, 4.69) is 0 Å². The Morgan fingerprint density at radius 2 is 1.94 bits per heavy atom. The molecule has 86 valence electrons. The standard InChI is InChI=1S/C13H15FO2/c14-12-9-7-11(8-10-12)5-3-1-2-4-6-13(15)16/h3,5,7-10H,1-2,4,6H2,(H,15,16)/b5-3+. The first-order valence-corrected chi connectivity index (χ1v) is 5.32. The molecule has 0 aromatic heterocycles.